The molecule has 0 aliphatic heterocycles. The maximum atomic E-state index is 13.1. The summed E-state index contributed by atoms with van der Waals surface area (Å²) in [5.74, 6) is -0.134. The van der Waals surface area contributed by atoms with Gasteiger partial charge in [0.2, 0.25) is 0 Å². The molecule has 0 aliphatic carbocycles. The normalized spacial score (nSPS) is 10.9. The van der Waals surface area contributed by atoms with Crippen LogP contribution in [0.25, 0.3) is 10.9 Å². The SMILES string of the molecule is Cc1cc2[nH]cc(C)c2cc1F. The van der Waals surface area contributed by atoms with Crippen LogP contribution < -0.4 is 0 Å². The second kappa shape index (κ2) is 2.34. The van der Waals surface area contributed by atoms with E-state index in [9.17, 15) is 4.39 Å². The van der Waals surface area contributed by atoms with Gasteiger partial charge in [-0.2, -0.15) is 0 Å². The Balaban J connectivity index is 2.87. The molecular weight excluding hydrogens is 153 g/mol. The number of aryl methyl sites for hydroxylation is 2. The molecule has 62 valence electrons. The quantitative estimate of drug-likeness (QED) is 0.614. The highest BCUT2D eigenvalue weighted by Crippen LogP contribution is 2.20. The summed E-state index contributed by atoms with van der Waals surface area (Å²) in [7, 11) is 0. The van der Waals surface area contributed by atoms with E-state index in [0.717, 1.165) is 16.5 Å². The molecule has 0 unspecified atom stereocenters. The van der Waals surface area contributed by atoms with E-state index in [2.05, 4.69) is 4.98 Å². The molecule has 1 nitrogen and oxygen atoms in total. The number of fused-ring (bicyclic) bond motifs is 1. The van der Waals surface area contributed by atoms with Crippen LogP contribution in [0.5, 0.6) is 0 Å². The second-order valence-electron chi connectivity index (χ2n) is 3.12. The van der Waals surface area contributed by atoms with E-state index in [1.165, 1.54) is 0 Å². The van der Waals surface area contributed by atoms with Gasteiger partial charge < -0.3 is 4.98 Å². The molecule has 0 saturated heterocycles. The summed E-state index contributed by atoms with van der Waals surface area (Å²) in [6.45, 7) is 3.73. The van der Waals surface area contributed by atoms with Crippen molar-refractivity contribution in [3.63, 3.8) is 0 Å². The zero-order valence-corrected chi connectivity index (χ0v) is 7.11. The lowest BCUT2D eigenvalue weighted by Crippen LogP contribution is -1.81. The van der Waals surface area contributed by atoms with E-state index in [0.29, 0.717) is 5.56 Å². The molecule has 0 atom stereocenters. The highest BCUT2D eigenvalue weighted by atomic mass is 19.1. The van der Waals surface area contributed by atoms with Crippen molar-refractivity contribution in [2.45, 2.75) is 13.8 Å². The zero-order valence-electron chi connectivity index (χ0n) is 7.11. The van der Waals surface area contributed by atoms with Crippen LogP contribution in [0.4, 0.5) is 4.39 Å². The van der Waals surface area contributed by atoms with Crippen molar-refractivity contribution in [3.05, 3.63) is 35.3 Å². The standard InChI is InChI=1S/C10H10FN/c1-6-3-10-8(4-9(6)11)7(2)5-12-10/h3-5,12H,1-2H3. The molecule has 0 aliphatic rings. The van der Waals surface area contributed by atoms with Gasteiger partial charge >= 0.3 is 0 Å². The zero-order chi connectivity index (χ0) is 8.72. The van der Waals surface area contributed by atoms with Gasteiger partial charge in [0, 0.05) is 17.1 Å². The highest BCUT2D eigenvalue weighted by Gasteiger charge is 2.03. The van der Waals surface area contributed by atoms with Gasteiger partial charge in [0.25, 0.3) is 0 Å². The van der Waals surface area contributed by atoms with Crippen LogP contribution in [0.2, 0.25) is 0 Å². The Morgan fingerprint density at radius 2 is 1.92 bits per heavy atom. The third-order valence-electron chi connectivity index (χ3n) is 2.17. The van der Waals surface area contributed by atoms with E-state index in [1.807, 2.05) is 19.2 Å². The first-order valence-corrected chi connectivity index (χ1v) is 3.92. The molecule has 0 fully saturated rings. The molecule has 2 rings (SSSR count). The molecule has 0 spiro atoms. The van der Waals surface area contributed by atoms with E-state index in [4.69, 9.17) is 0 Å². The number of nitrogens with one attached hydrogen (secondary N) is 1. The van der Waals surface area contributed by atoms with Crippen LogP contribution in [-0.2, 0) is 0 Å². The topological polar surface area (TPSA) is 15.8 Å². The Labute approximate surface area is 70.2 Å². The summed E-state index contributed by atoms with van der Waals surface area (Å²) in [4.78, 5) is 3.09. The fourth-order valence-corrected chi connectivity index (χ4v) is 1.39. The van der Waals surface area contributed by atoms with Crippen molar-refractivity contribution in [1.82, 2.24) is 4.98 Å². The van der Waals surface area contributed by atoms with Gasteiger partial charge in [0.15, 0.2) is 0 Å². The molecular formula is C10H10FN. The number of benzene rings is 1. The van der Waals surface area contributed by atoms with Gasteiger partial charge in [-0.05, 0) is 37.1 Å². The summed E-state index contributed by atoms with van der Waals surface area (Å²) in [6, 6.07) is 3.41. The van der Waals surface area contributed by atoms with Gasteiger partial charge in [0.05, 0.1) is 0 Å². The molecule has 0 saturated carbocycles. The molecule has 1 N–H and O–H groups in total. The lowest BCUT2D eigenvalue weighted by Gasteiger charge is -1.96. The molecule has 0 radical (unpaired) electrons. The largest absolute Gasteiger partial charge is 0.361 e. The lowest BCUT2D eigenvalue weighted by atomic mass is 10.1. The minimum atomic E-state index is -0.134. The minimum Gasteiger partial charge on any atom is -0.361 e. The highest BCUT2D eigenvalue weighted by molar-refractivity contribution is 5.83. The smallest absolute Gasteiger partial charge is 0.126 e. The van der Waals surface area contributed by atoms with Gasteiger partial charge in [-0.3, -0.25) is 0 Å². The Kier molecular flexibility index (Phi) is 1.43. The summed E-state index contributed by atoms with van der Waals surface area (Å²) in [6.07, 6.45) is 1.89. The fourth-order valence-electron chi connectivity index (χ4n) is 1.39. The van der Waals surface area contributed by atoms with E-state index in [1.54, 1.807) is 13.0 Å². The van der Waals surface area contributed by atoms with Crippen LogP contribution in [0.1, 0.15) is 11.1 Å². The predicted molar refractivity (Wildman–Crippen MR) is 47.7 cm³/mol. The van der Waals surface area contributed by atoms with Crippen molar-refractivity contribution in [2.24, 2.45) is 0 Å². The fraction of sp³-hybridized carbons (Fsp3) is 0.200. The molecule has 1 aromatic carbocycles. The maximum absolute atomic E-state index is 13.1. The molecule has 0 bridgehead atoms. The first kappa shape index (κ1) is 7.35. The van der Waals surface area contributed by atoms with Crippen molar-refractivity contribution < 1.29 is 4.39 Å². The Morgan fingerprint density at radius 3 is 2.67 bits per heavy atom. The Hall–Kier alpha value is -1.31. The van der Waals surface area contributed by atoms with Gasteiger partial charge in [-0.25, -0.2) is 4.39 Å². The van der Waals surface area contributed by atoms with Crippen molar-refractivity contribution >= 4 is 10.9 Å². The molecule has 2 aromatic rings. The number of hydrogen-bond donors (Lipinski definition) is 1. The van der Waals surface area contributed by atoms with Crippen molar-refractivity contribution in [2.75, 3.05) is 0 Å². The van der Waals surface area contributed by atoms with Crippen molar-refractivity contribution in [3.8, 4) is 0 Å². The molecule has 1 aromatic heterocycles. The predicted octanol–water partition coefficient (Wildman–Crippen LogP) is 2.92. The van der Waals surface area contributed by atoms with Gasteiger partial charge in [-0.1, -0.05) is 0 Å². The third kappa shape index (κ3) is 0.916. The van der Waals surface area contributed by atoms with Gasteiger partial charge in [-0.15, -0.1) is 0 Å². The minimum absolute atomic E-state index is 0.134. The first-order valence-electron chi connectivity index (χ1n) is 3.92. The number of rotatable bonds is 0. The summed E-state index contributed by atoms with van der Waals surface area (Å²) < 4.78 is 13.1. The molecule has 1 heterocycles. The average molecular weight is 163 g/mol. The second-order valence-corrected chi connectivity index (χ2v) is 3.12. The van der Waals surface area contributed by atoms with Crippen LogP contribution in [0.15, 0.2) is 18.3 Å². The van der Waals surface area contributed by atoms with Crippen LogP contribution in [0, 0.1) is 19.7 Å². The van der Waals surface area contributed by atoms with Crippen LogP contribution in [-0.4, -0.2) is 4.98 Å². The monoisotopic (exact) mass is 163 g/mol. The number of H-pyrrole nitrogens is 1. The number of hydrogen-bond acceptors (Lipinski definition) is 0. The first-order chi connectivity index (χ1) is 5.68. The average Bonchev–Trinajstić information content (AvgIpc) is 2.35. The summed E-state index contributed by atoms with van der Waals surface area (Å²) in [5.41, 5.74) is 2.78. The van der Waals surface area contributed by atoms with E-state index in [-0.39, 0.29) is 5.82 Å². The molecule has 2 heteroatoms. The molecule has 0 amide bonds. The van der Waals surface area contributed by atoms with Crippen molar-refractivity contribution in [1.29, 1.82) is 0 Å². The van der Waals surface area contributed by atoms with E-state index >= 15 is 0 Å². The third-order valence-corrected chi connectivity index (χ3v) is 2.17. The number of halogens is 1. The van der Waals surface area contributed by atoms with Crippen LogP contribution in [0.3, 0.4) is 0 Å². The maximum Gasteiger partial charge on any atom is 0.126 e. The summed E-state index contributed by atoms with van der Waals surface area (Å²) >= 11 is 0. The van der Waals surface area contributed by atoms with E-state index < -0.39 is 0 Å². The Bertz CT molecular complexity index is 429. The Morgan fingerprint density at radius 1 is 1.17 bits per heavy atom. The number of aromatic amines is 1. The number of aromatic nitrogens is 1. The molecule has 12 heavy (non-hydrogen) atoms. The lowest BCUT2D eigenvalue weighted by molar-refractivity contribution is 0.620. The van der Waals surface area contributed by atoms with Crippen LogP contribution >= 0.6 is 0 Å². The summed E-state index contributed by atoms with van der Waals surface area (Å²) in [5, 5.41) is 0.970. The van der Waals surface area contributed by atoms with Gasteiger partial charge in [0.1, 0.15) is 5.82 Å².